The highest BCUT2D eigenvalue weighted by Gasteiger charge is 2.15. The van der Waals surface area contributed by atoms with E-state index < -0.39 is 11.9 Å². The molecule has 0 heterocycles. The predicted molar refractivity (Wildman–Crippen MR) is 132 cm³/mol. The van der Waals surface area contributed by atoms with Crippen LogP contribution in [-0.4, -0.2) is 23.6 Å². The number of carbonyl (C=O) groups is 2. The van der Waals surface area contributed by atoms with Gasteiger partial charge in [-0.05, 0) is 82.5 Å². The SMILES string of the molecule is CCOc1cc(/C=C(/C#N)C(=O)Nc2cccc(C(=O)O)c2)cc(Br)c1OCc1ccc(F)cc1. The van der Waals surface area contributed by atoms with Gasteiger partial charge in [-0.25, -0.2) is 9.18 Å². The zero-order chi connectivity index (χ0) is 25.4. The molecule has 0 atom stereocenters. The standard InChI is InChI=1S/C26H20BrFN2O5/c1-2-34-23-12-17(11-22(27)24(23)35-15-16-6-8-20(28)9-7-16)10-19(14-29)25(31)30-21-5-3-4-18(13-21)26(32)33/h3-13H,2,15H2,1H3,(H,30,31)(H,32,33)/b19-10-. The lowest BCUT2D eigenvalue weighted by Gasteiger charge is -2.15. The number of ether oxygens (including phenoxy) is 2. The highest BCUT2D eigenvalue weighted by atomic mass is 79.9. The van der Waals surface area contributed by atoms with Gasteiger partial charge < -0.3 is 19.9 Å². The second kappa shape index (κ2) is 11.8. The molecule has 0 saturated carbocycles. The lowest BCUT2D eigenvalue weighted by molar-refractivity contribution is -0.112. The summed E-state index contributed by atoms with van der Waals surface area (Å²) < 4.78 is 25.2. The third kappa shape index (κ3) is 6.91. The molecule has 3 rings (SSSR count). The number of rotatable bonds is 9. The van der Waals surface area contributed by atoms with Crippen molar-refractivity contribution in [2.75, 3.05) is 11.9 Å². The summed E-state index contributed by atoms with van der Waals surface area (Å²) in [6.07, 6.45) is 1.38. The third-order valence-corrected chi connectivity index (χ3v) is 5.26. The fourth-order valence-electron chi connectivity index (χ4n) is 3.05. The van der Waals surface area contributed by atoms with Crippen molar-refractivity contribution in [3.63, 3.8) is 0 Å². The summed E-state index contributed by atoms with van der Waals surface area (Å²) in [5, 5.41) is 21.2. The molecule has 0 saturated heterocycles. The van der Waals surface area contributed by atoms with Crippen LogP contribution in [0.5, 0.6) is 11.5 Å². The molecule has 1 amide bonds. The first-order valence-corrected chi connectivity index (χ1v) is 11.2. The molecule has 35 heavy (non-hydrogen) atoms. The highest BCUT2D eigenvalue weighted by Crippen LogP contribution is 2.38. The maximum atomic E-state index is 13.1. The van der Waals surface area contributed by atoms with Crippen LogP contribution in [0.2, 0.25) is 0 Å². The second-order valence-electron chi connectivity index (χ2n) is 7.19. The molecule has 2 N–H and O–H groups in total. The number of halogens is 2. The van der Waals surface area contributed by atoms with Gasteiger partial charge in [0.05, 0.1) is 16.6 Å². The van der Waals surface area contributed by atoms with Crippen LogP contribution in [0.25, 0.3) is 6.08 Å². The Morgan fingerprint density at radius 1 is 1.14 bits per heavy atom. The molecule has 0 bridgehead atoms. The van der Waals surface area contributed by atoms with E-state index in [4.69, 9.17) is 14.6 Å². The number of carboxylic acids is 1. The van der Waals surface area contributed by atoms with Gasteiger partial charge >= 0.3 is 5.97 Å². The quantitative estimate of drug-likeness (QED) is 0.263. The van der Waals surface area contributed by atoms with Gasteiger partial charge in [0.15, 0.2) is 11.5 Å². The van der Waals surface area contributed by atoms with Crippen molar-refractivity contribution in [2.24, 2.45) is 0 Å². The zero-order valence-corrected chi connectivity index (χ0v) is 20.1. The largest absolute Gasteiger partial charge is 0.490 e. The first kappa shape index (κ1) is 25.5. The fraction of sp³-hybridized carbons (Fsp3) is 0.115. The van der Waals surface area contributed by atoms with Gasteiger partial charge in [0.2, 0.25) is 0 Å². The van der Waals surface area contributed by atoms with E-state index in [9.17, 15) is 19.2 Å². The van der Waals surface area contributed by atoms with Crippen molar-refractivity contribution in [1.29, 1.82) is 5.26 Å². The molecule has 0 radical (unpaired) electrons. The molecule has 0 unspecified atom stereocenters. The molecule has 0 aliphatic heterocycles. The van der Waals surface area contributed by atoms with Crippen LogP contribution in [0.4, 0.5) is 10.1 Å². The molecule has 0 aliphatic rings. The maximum Gasteiger partial charge on any atom is 0.335 e. The number of nitrogens with one attached hydrogen (secondary N) is 1. The van der Waals surface area contributed by atoms with Crippen LogP contribution < -0.4 is 14.8 Å². The summed E-state index contributed by atoms with van der Waals surface area (Å²) in [6, 6.07) is 16.8. The molecule has 9 heteroatoms. The Morgan fingerprint density at radius 2 is 1.89 bits per heavy atom. The number of nitrogens with zero attached hydrogens (tertiary/aromatic N) is 1. The van der Waals surface area contributed by atoms with Crippen LogP contribution in [-0.2, 0) is 11.4 Å². The summed E-state index contributed by atoms with van der Waals surface area (Å²) in [5.41, 5.74) is 1.32. The van der Waals surface area contributed by atoms with E-state index in [0.29, 0.717) is 28.1 Å². The molecular weight excluding hydrogens is 519 g/mol. The Kier molecular flexibility index (Phi) is 8.59. The minimum Gasteiger partial charge on any atom is -0.490 e. The van der Waals surface area contributed by atoms with Crippen LogP contribution in [0.3, 0.4) is 0 Å². The van der Waals surface area contributed by atoms with Crippen LogP contribution in [0.1, 0.15) is 28.4 Å². The van der Waals surface area contributed by atoms with Gasteiger partial charge in [0.25, 0.3) is 5.91 Å². The normalized spacial score (nSPS) is 10.9. The second-order valence-corrected chi connectivity index (χ2v) is 8.04. The van der Waals surface area contributed by atoms with Crippen molar-refractivity contribution >= 4 is 39.6 Å². The molecule has 7 nitrogen and oxygen atoms in total. The Morgan fingerprint density at radius 3 is 2.54 bits per heavy atom. The Labute approximate surface area is 209 Å². The number of benzene rings is 3. The number of nitriles is 1. The van der Waals surface area contributed by atoms with E-state index in [-0.39, 0.29) is 29.2 Å². The van der Waals surface area contributed by atoms with Crippen LogP contribution in [0.15, 0.2) is 70.7 Å². The first-order valence-electron chi connectivity index (χ1n) is 10.4. The monoisotopic (exact) mass is 538 g/mol. The zero-order valence-electron chi connectivity index (χ0n) is 18.5. The lowest BCUT2D eigenvalue weighted by atomic mass is 10.1. The van der Waals surface area contributed by atoms with E-state index in [1.807, 2.05) is 6.07 Å². The van der Waals surface area contributed by atoms with Crippen molar-refractivity contribution in [3.8, 4) is 17.6 Å². The predicted octanol–water partition coefficient (Wildman–Crippen LogP) is 5.81. The van der Waals surface area contributed by atoms with Crippen molar-refractivity contribution in [1.82, 2.24) is 0 Å². The number of anilines is 1. The Bertz CT molecular complexity index is 1320. The molecule has 178 valence electrons. The lowest BCUT2D eigenvalue weighted by Crippen LogP contribution is -2.14. The van der Waals surface area contributed by atoms with Crippen LogP contribution in [0, 0.1) is 17.1 Å². The summed E-state index contributed by atoms with van der Waals surface area (Å²) >= 11 is 3.44. The van der Waals surface area contributed by atoms with Gasteiger partial charge in [-0.15, -0.1) is 0 Å². The fourth-order valence-corrected chi connectivity index (χ4v) is 3.63. The number of hydrogen-bond donors (Lipinski definition) is 2. The minimum atomic E-state index is -1.13. The van der Waals surface area contributed by atoms with Crippen molar-refractivity contribution in [3.05, 3.63) is 93.2 Å². The Hall–Kier alpha value is -4.16. The molecule has 0 aliphatic carbocycles. The van der Waals surface area contributed by atoms with Crippen LogP contribution >= 0.6 is 15.9 Å². The molecule has 0 fully saturated rings. The topological polar surface area (TPSA) is 109 Å². The summed E-state index contributed by atoms with van der Waals surface area (Å²) in [5.74, 6) is -1.36. The maximum absolute atomic E-state index is 13.1. The molecule has 0 spiro atoms. The first-order chi connectivity index (χ1) is 16.8. The van der Waals surface area contributed by atoms with Crippen molar-refractivity contribution < 1.29 is 28.6 Å². The van der Waals surface area contributed by atoms with Gasteiger partial charge in [0.1, 0.15) is 24.1 Å². The van der Waals surface area contributed by atoms with Crippen molar-refractivity contribution in [2.45, 2.75) is 13.5 Å². The van der Waals surface area contributed by atoms with Gasteiger partial charge in [-0.3, -0.25) is 4.79 Å². The number of aromatic carboxylic acids is 1. The van der Waals surface area contributed by atoms with E-state index in [2.05, 4.69) is 21.2 Å². The van der Waals surface area contributed by atoms with Gasteiger partial charge in [0, 0.05) is 5.69 Å². The summed E-state index contributed by atoms with van der Waals surface area (Å²) in [7, 11) is 0. The molecule has 3 aromatic carbocycles. The number of amides is 1. The number of carbonyl (C=O) groups excluding carboxylic acids is 1. The van der Waals surface area contributed by atoms with E-state index in [1.54, 1.807) is 31.2 Å². The van der Waals surface area contributed by atoms with E-state index in [1.165, 1.54) is 42.5 Å². The number of carboxylic acid groups (broad SMARTS) is 1. The summed E-state index contributed by atoms with van der Waals surface area (Å²) in [4.78, 5) is 23.8. The minimum absolute atomic E-state index is 0.00630. The summed E-state index contributed by atoms with van der Waals surface area (Å²) in [6.45, 7) is 2.33. The highest BCUT2D eigenvalue weighted by molar-refractivity contribution is 9.10. The van der Waals surface area contributed by atoms with E-state index in [0.717, 1.165) is 5.56 Å². The Balaban J connectivity index is 1.84. The molecule has 3 aromatic rings. The van der Waals surface area contributed by atoms with E-state index >= 15 is 0 Å². The average Bonchev–Trinajstić information content (AvgIpc) is 2.83. The smallest absolute Gasteiger partial charge is 0.335 e. The molecule has 0 aromatic heterocycles. The number of hydrogen-bond acceptors (Lipinski definition) is 5. The average molecular weight is 539 g/mol. The third-order valence-electron chi connectivity index (χ3n) is 4.67. The molecular formula is C26H20BrFN2O5. The van der Waals surface area contributed by atoms with Gasteiger partial charge in [-0.1, -0.05) is 18.2 Å². The van der Waals surface area contributed by atoms with Gasteiger partial charge in [-0.2, -0.15) is 5.26 Å².